The summed E-state index contributed by atoms with van der Waals surface area (Å²) in [4.78, 5) is -0.0569. The third-order valence-electron chi connectivity index (χ3n) is 2.83. The molecule has 0 saturated carbocycles. The zero-order valence-electron chi connectivity index (χ0n) is 12.0. The Morgan fingerprint density at radius 1 is 1.27 bits per heavy atom. The van der Waals surface area contributed by atoms with E-state index in [0.29, 0.717) is 5.56 Å². The predicted octanol–water partition coefficient (Wildman–Crippen LogP) is 3.58. The van der Waals surface area contributed by atoms with Crippen LogP contribution >= 0.6 is 10.7 Å². The van der Waals surface area contributed by atoms with E-state index in [-0.39, 0.29) is 18.1 Å². The SMILES string of the molecule is Cc1ccc(S(=O)(=O)Cl)cc1C(C)OCCOCC(F)(F)F. The van der Waals surface area contributed by atoms with Crippen molar-refractivity contribution in [3.05, 3.63) is 29.3 Å². The summed E-state index contributed by atoms with van der Waals surface area (Å²) in [6.07, 6.45) is -4.88. The molecule has 0 saturated heterocycles. The predicted molar refractivity (Wildman–Crippen MR) is 75.5 cm³/mol. The van der Waals surface area contributed by atoms with Gasteiger partial charge in [0.05, 0.1) is 24.2 Å². The summed E-state index contributed by atoms with van der Waals surface area (Å²) < 4.78 is 68.0. The van der Waals surface area contributed by atoms with E-state index in [1.54, 1.807) is 19.9 Å². The molecule has 0 aromatic heterocycles. The molecule has 0 fully saturated rings. The van der Waals surface area contributed by atoms with E-state index in [0.717, 1.165) is 5.56 Å². The molecular weight excluding hydrogens is 345 g/mol. The first-order valence-corrected chi connectivity index (χ1v) is 8.63. The highest BCUT2D eigenvalue weighted by Crippen LogP contribution is 2.25. The third-order valence-corrected chi connectivity index (χ3v) is 4.18. The Morgan fingerprint density at radius 3 is 2.45 bits per heavy atom. The second-order valence-electron chi connectivity index (χ2n) is 4.64. The molecule has 126 valence electrons. The normalized spacial score (nSPS) is 14.1. The molecule has 9 heteroatoms. The van der Waals surface area contributed by atoms with Crippen LogP contribution in [0, 0.1) is 6.92 Å². The molecule has 0 N–H and O–H groups in total. The number of hydrogen-bond donors (Lipinski definition) is 0. The lowest BCUT2D eigenvalue weighted by Crippen LogP contribution is -2.19. The van der Waals surface area contributed by atoms with Crippen LogP contribution in [0.5, 0.6) is 0 Å². The van der Waals surface area contributed by atoms with Gasteiger partial charge in [-0.3, -0.25) is 0 Å². The highest BCUT2D eigenvalue weighted by molar-refractivity contribution is 8.13. The molecule has 0 bridgehead atoms. The Bertz CT molecular complexity index is 602. The van der Waals surface area contributed by atoms with Crippen molar-refractivity contribution in [1.29, 1.82) is 0 Å². The van der Waals surface area contributed by atoms with Crippen LogP contribution in [-0.4, -0.2) is 34.4 Å². The van der Waals surface area contributed by atoms with Gasteiger partial charge in [0, 0.05) is 10.7 Å². The van der Waals surface area contributed by atoms with Gasteiger partial charge in [0.25, 0.3) is 9.05 Å². The maximum atomic E-state index is 11.9. The zero-order chi connectivity index (χ0) is 17.0. The van der Waals surface area contributed by atoms with Crippen LogP contribution < -0.4 is 0 Å². The standard InChI is InChI=1S/C13H16ClF3O4S/c1-9-3-4-11(22(14,18)19)7-12(9)10(2)21-6-5-20-8-13(15,16)17/h3-4,7,10H,5-6,8H2,1-2H3. The van der Waals surface area contributed by atoms with Crippen molar-refractivity contribution >= 4 is 19.7 Å². The summed E-state index contributed by atoms with van der Waals surface area (Å²) in [5.41, 5.74) is 1.38. The fourth-order valence-corrected chi connectivity index (χ4v) is 2.56. The Morgan fingerprint density at radius 2 is 1.91 bits per heavy atom. The fraction of sp³-hybridized carbons (Fsp3) is 0.538. The second kappa shape index (κ2) is 7.63. The number of hydrogen-bond acceptors (Lipinski definition) is 4. The fourth-order valence-electron chi connectivity index (χ4n) is 1.77. The molecule has 1 unspecified atom stereocenters. The number of ether oxygens (including phenoxy) is 2. The summed E-state index contributed by atoms with van der Waals surface area (Å²) in [5, 5.41) is 0. The van der Waals surface area contributed by atoms with Crippen LogP contribution in [0.2, 0.25) is 0 Å². The van der Waals surface area contributed by atoms with Crippen LogP contribution in [0.4, 0.5) is 13.2 Å². The molecule has 1 atom stereocenters. The lowest BCUT2D eigenvalue weighted by Gasteiger charge is -2.17. The molecular formula is C13H16ClF3O4S. The van der Waals surface area contributed by atoms with E-state index >= 15 is 0 Å². The summed E-state index contributed by atoms with van der Waals surface area (Å²) >= 11 is 0. The quantitative estimate of drug-likeness (QED) is 0.551. The molecule has 1 aromatic carbocycles. The van der Waals surface area contributed by atoms with Gasteiger partial charge in [-0.05, 0) is 37.1 Å². The van der Waals surface area contributed by atoms with Crippen molar-refractivity contribution in [3.63, 3.8) is 0 Å². The summed E-state index contributed by atoms with van der Waals surface area (Å²) in [6.45, 7) is 1.84. The highest BCUT2D eigenvalue weighted by Gasteiger charge is 2.27. The zero-order valence-corrected chi connectivity index (χ0v) is 13.6. The van der Waals surface area contributed by atoms with Gasteiger partial charge in [-0.1, -0.05) is 6.07 Å². The first kappa shape index (κ1) is 19.2. The number of halogens is 4. The number of aryl methyl sites for hydroxylation is 1. The van der Waals surface area contributed by atoms with Gasteiger partial charge in [-0.2, -0.15) is 13.2 Å². The van der Waals surface area contributed by atoms with Crippen molar-refractivity contribution in [1.82, 2.24) is 0 Å². The van der Waals surface area contributed by atoms with E-state index in [4.69, 9.17) is 15.4 Å². The Labute approximate surface area is 131 Å². The minimum Gasteiger partial charge on any atom is -0.371 e. The van der Waals surface area contributed by atoms with Gasteiger partial charge >= 0.3 is 6.18 Å². The van der Waals surface area contributed by atoms with Crippen molar-refractivity contribution in [2.45, 2.75) is 31.0 Å². The average molecular weight is 361 g/mol. The first-order chi connectivity index (χ1) is 10.0. The van der Waals surface area contributed by atoms with E-state index in [1.807, 2.05) is 0 Å². The minimum absolute atomic E-state index is 0.0471. The molecule has 1 rings (SSSR count). The van der Waals surface area contributed by atoms with Crippen LogP contribution in [0.25, 0.3) is 0 Å². The van der Waals surface area contributed by atoms with Crippen LogP contribution in [0.1, 0.15) is 24.2 Å². The molecule has 0 aliphatic rings. The largest absolute Gasteiger partial charge is 0.411 e. The van der Waals surface area contributed by atoms with Crippen LogP contribution in [0.15, 0.2) is 23.1 Å². The number of alkyl halides is 3. The second-order valence-corrected chi connectivity index (χ2v) is 7.20. The van der Waals surface area contributed by atoms with E-state index in [1.165, 1.54) is 12.1 Å². The average Bonchev–Trinajstić information content (AvgIpc) is 2.35. The Balaban J connectivity index is 2.60. The van der Waals surface area contributed by atoms with Gasteiger partial charge in [0.2, 0.25) is 0 Å². The van der Waals surface area contributed by atoms with Crippen LogP contribution in [0.3, 0.4) is 0 Å². The van der Waals surface area contributed by atoms with Gasteiger partial charge in [-0.25, -0.2) is 8.42 Å². The van der Waals surface area contributed by atoms with Crippen LogP contribution in [-0.2, 0) is 18.5 Å². The summed E-state index contributed by atoms with van der Waals surface area (Å²) in [7, 11) is 1.43. The van der Waals surface area contributed by atoms with E-state index < -0.39 is 27.9 Å². The number of benzene rings is 1. The van der Waals surface area contributed by atoms with E-state index in [2.05, 4.69) is 4.74 Å². The number of rotatable bonds is 7. The molecule has 0 heterocycles. The lowest BCUT2D eigenvalue weighted by atomic mass is 10.0. The highest BCUT2D eigenvalue weighted by atomic mass is 35.7. The van der Waals surface area contributed by atoms with Gasteiger partial charge < -0.3 is 9.47 Å². The maximum absolute atomic E-state index is 11.9. The summed E-state index contributed by atoms with van der Waals surface area (Å²) in [5.74, 6) is 0. The lowest BCUT2D eigenvalue weighted by molar-refractivity contribution is -0.177. The molecule has 0 aliphatic carbocycles. The minimum atomic E-state index is -4.37. The maximum Gasteiger partial charge on any atom is 0.411 e. The monoisotopic (exact) mass is 360 g/mol. The van der Waals surface area contributed by atoms with Crippen molar-refractivity contribution in [3.8, 4) is 0 Å². The Kier molecular flexibility index (Phi) is 6.66. The molecule has 0 spiro atoms. The van der Waals surface area contributed by atoms with Crippen molar-refractivity contribution < 1.29 is 31.1 Å². The Hall–Kier alpha value is -0.830. The smallest absolute Gasteiger partial charge is 0.371 e. The van der Waals surface area contributed by atoms with Crippen molar-refractivity contribution in [2.24, 2.45) is 0 Å². The molecule has 0 amide bonds. The molecule has 22 heavy (non-hydrogen) atoms. The first-order valence-electron chi connectivity index (χ1n) is 6.32. The molecule has 1 aromatic rings. The van der Waals surface area contributed by atoms with E-state index in [9.17, 15) is 21.6 Å². The molecule has 4 nitrogen and oxygen atoms in total. The molecule has 0 radical (unpaired) electrons. The van der Waals surface area contributed by atoms with Crippen molar-refractivity contribution in [2.75, 3.05) is 19.8 Å². The molecule has 0 aliphatic heterocycles. The van der Waals surface area contributed by atoms with Gasteiger partial charge in [-0.15, -0.1) is 0 Å². The van der Waals surface area contributed by atoms with Gasteiger partial charge in [0.15, 0.2) is 0 Å². The topological polar surface area (TPSA) is 52.6 Å². The third kappa shape index (κ3) is 6.51. The summed E-state index contributed by atoms with van der Waals surface area (Å²) in [6, 6.07) is 4.35. The van der Waals surface area contributed by atoms with Gasteiger partial charge in [0.1, 0.15) is 6.61 Å².